The van der Waals surface area contributed by atoms with Crippen molar-refractivity contribution in [2.45, 2.75) is 38.0 Å². The lowest BCUT2D eigenvalue weighted by Gasteiger charge is -2.48. The first-order chi connectivity index (χ1) is 11.9. The van der Waals surface area contributed by atoms with Gasteiger partial charge in [0.2, 0.25) is 5.91 Å². The maximum atomic E-state index is 12.7. The molecule has 1 aliphatic rings. The lowest BCUT2D eigenvalue weighted by Crippen LogP contribution is -2.63. The van der Waals surface area contributed by atoms with Crippen LogP contribution < -0.4 is 5.32 Å². The molecule has 2 heterocycles. The Kier molecular flexibility index (Phi) is 4.92. The van der Waals surface area contributed by atoms with E-state index in [2.05, 4.69) is 5.32 Å². The highest BCUT2D eigenvalue weighted by Gasteiger charge is 2.47. The maximum absolute atomic E-state index is 12.7. The van der Waals surface area contributed by atoms with Gasteiger partial charge in [-0.05, 0) is 36.9 Å². The molecule has 0 bridgehead atoms. The largest absolute Gasteiger partial charge is 0.388 e. The Morgan fingerprint density at radius 3 is 2.56 bits per heavy atom. The van der Waals surface area contributed by atoms with Gasteiger partial charge >= 0.3 is 0 Å². The van der Waals surface area contributed by atoms with Crippen molar-refractivity contribution in [2.75, 3.05) is 6.54 Å². The number of nitrogens with zero attached hydrogens (tertiary/aromatic N) is 1. The number of amides is 2. The summed E-state index contributed by atoms with van der Waals surface area (Å²) in [6.45, 7) is 3.71. The molecule has 1 fully saturated rings. The van der Waals surface area contributed by atoms with E-state index < -0.39 is 11.6 Å². The first kappa shape index (κ1) is 17.6. The van der Waals surface area contributed by atoms with Crippen molar-refractivity contribution in [1.29, 1.82) is 0 Å². The first-order valence-electron chi connectivity index (χ1n) is 8.29. The number of carbonyl (C=O) groups excluding carboxylic acids is 2. The zero-order valence-corrected chi connectivity index (χ0v) is 15.1. The lowest BCUT2D eigenvalue weighted by molar-refractivity contribution is -0.140. The van der Waals surface area contributed by atoms with Gasteiger partial charge in [-0.1, -0.05) is 24.3 Å². The fraction of sp³-hybridized carbons (Fsp3) is 0.368. The molecule has 0 radical (unpaired) electrons. The third-order valence-electron chi connectivity index (χ3n) is 4.74. The highest BCUT2D eigenvalue weighted by Crippen LogP contribution is 2.38. The van der Waals surface area contributed by atoms with Crippen LogP contribution in [0.2, 0.25) is 0 Å². The predicted octanol–water partition coefficient (Wildman–Crippen LogP) is 2.59. The number of hydrogen-bond donors (Lipinski definition) is 2. The van der Waals surface area contributed by atoms with Gasteiger partial charge in [0.05, 0.1) is 17.7 Å². The summed E-state index contributed by atoms with van der Waals surface area (Å²) in [7, 11) is 0. The van der Waals surface area contributed by atoms with Crippen LogP contribution in [0.4, 0.5) is 0 Å². The molecule has 0 saturated carbocycles. The molecule has 2 aromatic rings. The van der Waals surface area contributed by atoms with Crippen LogP contribution in [0, 0.1) is 0 Å². The standard InChI is InChI=1S/C19H22N2O3S/c1-13(22)21-11-10-19(2,24)17(16(21)15-9-6-12-25-15)20-18(23)14-7-4-3-5-8-14/h3-9,12,16-17,24H,10-11H2,1-2H3,(H,20,23)/t16-,17-,19+/m0/s1. The summed E-state index contributed by atoms with van der Waals surface area (Å²) in [6, 6.07) is 11.8. The number of hydrogen-bond acceptors (Lipinski definition) is 4. The molecule has 1 aromatic carbocycles. The second-order valence-electron chi connectivity index (χ2n) is 6.60. The number of nitrogens with one attached hydrogen (secondary N) is 1. The number of rotatable bonds is 3. The summed E-state index contributed by atoms with van der Waals surface area (Å²) >= 11 is 1.52. The molecule has 3 rings (SSSR count). The van der Waals surface area contributed by atoms with Gasteiger partial charge in [-0.2, -0.15) is 0 Å². The van der Waals surface area contributed by atoms with E-state index >= 15 is 0 Å². The summed E-state index contributed by atoms with van der Waals surface area (Å²) in [6.07, 6.45) is 0.411. The quantitative estimate of drug-likeness (QED) is 0.886. The average molecular weight is 358 g/mol. The zero-order chi connectivity index (χ0) is 18.0. The Bertz CT molecular complexity index is 743. The van der Waals surface area contributed by atoms with E-state index in [1.165, 1.54) is 18.3 Å². The summed E-state index contributed by atoms with van der Waals surface area (Å²) in [4.78, 5) is 27.5. The van der Waals surface area contributed by atoms with Crippen molar-refractivity contribution in [3.63, 3.8) is 0 Å². The maximum Gasteiger partial charge on any atom is 0.251 e. The minimum absolute atomic E-state index is 0.0622. The van der Waals surface area contributed by atoms with Crippen molar-refractivity contribution >= 4 is 23.2 Å². The van der Waals surface area contributed by atoms with E-state index in [1.807, 2.05) is 23.6 Å². The number of piperidine rings is 1. The SMILES string of the molecule is CC(=O)N1CC[C@@](C)(O)[C@@H](NC(=O)c2ccccc2)[C@@H]1c1cccs1. The van der Waals surface area contributed by atoms with Crippen LogP contribution in [-0.4, -0.2) is 40.0 Å². The fourth-order valence-electron chi connectivity index (χ4n) is 3.34. The van der Waals surface area contributed by atoms with E-state index in [0.717, 1.165) is 4.88 Å². The van der Waals surface area contributed by atoms with Gasteiger partial charge in [0.15, 0.2) is 0 Å². The zero-order valence-electron chi connectivity index (χ0n) is 14.3. The van der Waals surface area contributed by atoms with Crippen molar-refractivity contribution < 1.29 is 14.7 Å². The third-order valence-corrected chi connectivity index (χ3v) is 5.69. The summed E-state index contributed by atoms with van der Waals surface area (Å²) in [5.74, 6) is -0.314. The lowest BCUT2D eigenvalue weighted by atomic mass is 9.81. The van der Waals surface area contributed by atoms with Crippen LogP contribution >= 0.6 is 11.3 Å². The van der Waals surface area contributed by atoms with E-state index in [1.54, 1.807) is 36.1 Å². The molecule has 1 aromatic heterocycles. The third kappa shape index (κ3) is 3.60. The number of likely N-dealkylation sites (tertiary alicyclic amines) is 1. The van der Waals surface area contributed by atoms with Gasteiger partial charge in [0.1, 0.15) is 0 Å². The van der Waals surface area contributed by atoms with E-state index in [0.29, 0.717) is 18.5 Å². The van der Waals surface area contributed by atoms with Crippen LogP contribution in [0.15, 0.2) is 47.8 Å². The van der Waals surface area contributed by atoms with E-state index in [9.17, 15) is 14.7 Å². The molecule has 132 valence electrons. The van der Waals surface area contributed by atoms with E-state index in [-0.39, 0.29) is 17.9 Å². The van der Waals surface area contributed by atoms with Crippen LogP contribution in [0.25, 0.3) is 0 Å². The van der Waals surface area contributed by atoms with Crippen molar-refractivity contribution in [3.05, 3.63) is 58.3 Å². The van der Waals surface area contributed by atoms with Crippen molar-refractivity contribution in [2.24, 2.45) is 0 Å². The van der Waals surface area contributed by atoms with Crippen LogP contribution in [0.5, 0.6) is 0 Å². The molecule has 5 nitrogen and oxygen atoms in total. The number of aliphatic hydroxyl groups is 1. The molecule has 25 heavy (non-hydrogen) atoms. The predicted molar refractivity (Wildman–Crippen MR) is 97.4 cm³/mol. The van der Waals surface area contributed by atoms with Crippen LogP contribution in [-0.2, 0) is 4.79 Å². The normalized spacial score (nSPS) is 26.3. The number of benzene rings is 1. The molecule has 2 amide bonds. The molecule has 2 N–H and O–H groups in total. The first-order valence-corrected chi connectivity index (χ1v) is 9.17. The molecule has 6 heteroatoms. The summed E-state index contributed by atoms with van der Waals surface area (Å²) in [5, 5.41) is 15.9. The van der Waals surface area contributed by atoms with Crippen molar-refractivity contribution in [3.8, 4) is 0 Å². The average Bonchev–Trinajstić information content (AvgIpc) is 3.11. The smallest absolute Gasteiger partial charge is 0.251 e. The molecular weight excluding hydrogens is 336 g/mol. The summed E-state index contributed by atoms with van der Waals surface area (Å²) < 4.78 is 0. The second kappa shape index (κ2) is 6.98. The topological polar surface area (TPSA) is 69.6 Å². The highest BCUT2D eigenvalue weighted by molar-refractivity contribution is 7.10. The summed E-state index contributed by atoms with van der Waals surface area (Å²) in [5.41, 5.74) is -0.575. The molecule has 1 saturated heterocycles. The minimum atomic E-state index is -1.11. The highest BCUT2D eigenvalue weighted by atomic mass is 32.1. The molecule has 0 spiro atoms. The van der Waals surface area contributed by atoms with Gasteiger partial charge in [-0.15, -0.1) is 11.3 Å². The Labute approximate surface area is 151 Å². The number of thiophene rings is 1. The van der Waals surface area contributed by atoms with Crippen LogP contribution in [0.3, 0.4) is 0 Å². The second-order valence-corrected chi connectivity index (χ2v) is 7.58. The number of carbonyl (C=O) groups is 2. The van der Waals surface area contributed by atoms with Crippen molar-refractivity contribution in [1.82, 2.24) is 10.2 Å². The monoisotopic (exact) mass is 358 g/mol. The van der Waals surface area contributed by atoms with Gasteiger partial charge in [0, 0.05) is 23.9 Å². The fourth-order valence-corrected chi connectivity index (χ4v) is 4.21. The molecule has 3 atom stereocenters. The van der Waals surface area contributed by atoms with Crippen LogP contribution in [0.1, 0.15) is 41.5 Å². The molecule has 0 aliphatic carbocycles. The van der Waals surface area contributed by atoms with E-state index in [4.69, 9.17) is 0 Å². The Balaban J connectivity index is 1.95. The Hall–Kier alpha value is -2.18. The Morgan fingerprint density at radius 2 is 1.96 bits per heavy atom. The molecule has 1 aliphatic heterocycles. The van der Waals surface area contributed by atoms with Gasteiger partial charge < -0.3 is 15.3 Å². The minimum Gasteiger partial charge on any atom is -0.388 e. The molecular formula is C19H22N2O3S. The van der Waals surface area contributed by atoms with Gasteiger partial charge in [0.25, 0.3) is 5.91 Å². The van der Waals surface area contributed by atoms with Gasteiger partial charge in [-0.25, -0.2) is 0 Å². The van der Waals surface area contributed by atoms with Gasteiger partial charge in [-0.3, -0.25) is 9.59 Å². The Morgan fingerprint density at radius 1 is 1.24 bits per heavy atom. The molecule has 0 unspecified atom stereocenters.